The zero-order valence-electron chi connectivity index (χ0n) is 7.92. The van der Waals surface area contributed by atoms with Crippen molar-refractivity contribution in [1.82, 2.24) is 0 Å². The smallest absolute Gasteiger partial charge is 0.470 e. The fraction of sp³-hybridized carbons (Fsp3) is 0.571. The minimum Gasteiger partial charge on any atom is -0.478 e. The fourth-order valence-electron chi connectivity index (χ4n) is 1.34. The van der Waals surface area contributed by atoms with Crippen molar-refractivity contribution in [2.45, 2.75) is 24.7 Å². The third kappa shape index (κ3) is 3.38. The van der Waals surface area contributed by atoms with E-state index in [4.69, 9.17) is 14.9 Å². The Morgan fingerprint density at radius 2 is 2.00 bits per heavy atom. The molecule has 8 nitrogen and oxygen atoms in total. The van der Waals surface area contributed by atoms with Crippen molar-refractivity contribution in [1.29, 1.82) is 0 Å². The number of carboxylic acids is 1. The lowest BCUT2D eigenvalue weighted by molar-refractivity contribution is -0.134. The zero-order chi connectivity index (χ0) is 12.5. The number of aliphatic hydroxyl groups is 2. The molecule has 1 aliphatic carbocycles. The summed E-state index contributed by atoms with van der Waals surface area (Å²) in [5.74, 6) is -1.34. The molecule has 92 valence electrons. The van der Waals surface area contributed by atoms with Gasteiger partial charge < -0.3 is 25.1 Å². The Morgan fingerprint density at radius 1 is 1.44 bits per heavy atom. The van der Waals surface area contributed by atoms with E-state index < -0.39 is 32.1 Å². The molecule has 0 saturated carbocycles. The van der Waals surface area contributed by atoms with Crippen LogP contribution in [0.5, 0.6) is 0 Å². The van der Waals surface area contributed by atoms with Crippen LogP contribution in [0.2, 0.25) is 0 Å². The van der Waals surface area contributed by atoms with Crippen LogP contribution in [0, 0.1) is 0 Å². The van der Waals surface area contributed by atoms with Crippen molar-refractivity contribution in [3.05, 3.63) is 11.6 Å². The summed E-state index contributed by atoms with van der Waals surface area (Å²) in [5, 5.41) is 27.3. The molecule has 1 aliphatic rings. The molecule has 0 bridgehead atoms. The number of hydrogen-bond donors (Lipinski definition) is 5. The van der Waals surface area contributed by atoms with E-state index in [1.807, 2.05) is 0 Å². The van der Waals surface area contributed by atoms with Gasteiger partial charge in [0.05, 0.1) is 6.10 Å². The standard InChI is InChI=1S/C7H11O8P/c8-4-1-3(7(10)11)2-5(6(4)9)15-16(12,13)14/h2,4-6,8-9H,1H2,(H,10,11)(H2,12,13,14)/t4-,5-,6+/m0/s1. The summed E-state index contributed by atoms with van der Waals surface area (Å²) >= 11 is 0. The van der Waals surface area contributed by atoms with Crippen LogP contribution < -0.4 is 0 Å². The molecular formula is C7H11O8P. The van der Waals surface area contributed by atoms with E-state index in [9.17, 15) is 19.6 Å². The summed E-state index contributed by atoms with van der Waals surface area (Å²) in [6.07, 6.45) is -3.99. The molecular weight excluding hydrogens is 243 g/mol. The topological polar surface area (TPSA) is 145 Å². The van der Waals surface area contributed by atoms with Crippen LogP contribution in [0.4, 0.5) is 0 Å². The second-order valence-corrected chi connectivity index (χ2v) is 4.51. The summed E-state index contributed by atoms with van der Waals surface area (Å²) in [5.41, 5.74) is -0.267. The Morgan fingerprint density at radius 3 is 2.44 bits per heavy atom. The third-order valence-corrected chi connectivity index (χ3v) is 2.58. The molecule has 9 heteroatoms. The summed E-state index contributed by atoms with van der Waals surface area (Å²) in [4.78, 5) is 27.6. The number of hydrogen-bond acceptors (Lipinski definition) is 5. The fourth-order valence-corrected chi connectivity index (χ4v) is 1.84. The van der Waals surface area contributed by atoms with Gasteiger partial charge in [-0.05, 0) is 6.08 Å². The first-order valence-corrected chi connectivity index (χ1v) is 5.78. The maximum absolute atomic E-state index is 10.6. The van der Waals surface area contributed by atoms with Crippen LogP contribution in [0.1, 0.15) is 6.42 Å². The highest BCUT2D eigenvalue weighted by atomic mass is 31.2. The van der Waals surface area contributed by atoms with Gasteiger partial charge in [-0.3, -0.25) is 4.52 Å². The van der Waals surface area contributed by atoms with Crippen LogP contribution in [0.25, 0.3) is 0 Å². The molecule has 0 heterocycles. The molecule has 0 aliphatic heterocycles. The molecule has 1 rings (SSSR count). The van der Waals surface area contributed by atoms with Crippen molar-refractivity contribution in [2.24, 2.45) is 0 Å². The van der Waals surface area contributed by atoms with Gasteiger partial charge in [0, 0.05) is 12.0 Å². The number of aliphatic hydroxyl groups excluding tert-OH is 2. The van der Waals surface area contributed by atoms with Crippen LogP contribution in [0.15, 0.2) is 11.6 Å². The minimum atomic E-state index is -4.86. The van der Waals surface area contributed by atoms with E-state index in [0.29, 0.717) is 0 Å². The third-order valence-electron chi connectivity index (χ3n) is 2.06. The molecule has 0 aromatic rings. The van der Waals surface area contributed by atoms with Gasteiger partial charge in [0.2, 0.25) is 0 Å². The lowest BCUT2D eigenvalue weighted by Gasteiger charge is -2.29. The largest absolute Gasteiger partial charge is 0.478 e. The molecule has 0 saturated heterocycles. The Bertz CT molecular complexity index is 357. The monoisotopic (exact) mass is 254 g/mol. The summed E-state index contributed by atoms with van der Waals surface area (Å²) in [6.45, 7) is 0. The van der Waals surface area contributed by atoms with Crippen LogP contribution in [-0.4, -0.2) is 49.4 Å². The summed E-state index contributed by atoms with van der Waals surface area (Å²) in [7, 11) is -4.86. The molecule has 5 N–H and O–H groups in total. The zero-order valence-corrected chi connectivity index (χ0v) is 8.82. The highest BCUT2D eigenvalue weighted by Gasteiger charge is 2.36. The predicted octanol–water partition coefficient (Wildman–Crippen LogP) is -1.40. The van der Waals surface area contributed by atoms with Crippen LogP contribution in [0.3, 0.4) is 0 Å². The average Bonchev–Trinajstić information content (AvgIpc) is 2.10. The first-order chi connectivity index (χ1) is 7.20. The second-order valence-electron chi connectivity index (χ2n) is 3.32. The van der Waals surface area contributed by atoms with E-state index in [-0.39, 0.29) is 12.0 Å². The van der Waals surface area contributed by atoms with Gasteiger partial charge in [-0.25, -0.2) is 9.36 Å². The molecule has 0 aromatic heterocycles. The first-order valence-electron chi connectivity index (χ1n) is 4.25. The van der Waals surface area contributed by atoms with Crippen molar-refractivity contribution in [3.8, 4) is 0 Å². The Labute approximate surface area is 90.0 Å². The molecule has 0 spiro atoms. The number of phosphoric ester groups is 1. The van der Waals surface area contributed by atoms with Gasteiger partial charge >= 0.3 is 13.8 Å². The van der Waals surface area contributed by atoms with Gasteiger partial charge in [0.15, 0.2) is 0 Å². The lowest BCUT2D eigenvalue weighted by Crippen LogP contribution is -2.41. The first kappa shape index (κ1) is 13.3. The molecule has 0 amide bonds. The molecule has 0 aromatic carbocycles. The Hall–Kier alpha value is -0.760. The van der Waals surface area contributed by atoms with Crippen molar-refractivity contribution in [2.75, 3.05) is 0 Å². The van der Waals surface area contributed by atoms with E-state index >= 15 is 0 Å². The van der Waals surface area contributed by atoms with Crippen LogP contribution >= 0.6 is 7.82 Å². The van der Waals surface area contributed by atoms with Crippen molar-refractivity contribution < 1.29 is 39.0 Å². The lowest BCUT2D eigenvalue weighted by atomic mass is 9.92. The normalized spacial score (nSPS) is 31.0. The van der Waals surface area contributed by atoms with Crippen molar-refractivity contribution >= 4 is 13.8 Å². The Balaban J connectivity index is 2.92. The number of carbonyl (C=O) groups is 1. The maximum Gasteiger partial charge on any atom is 0.470 e. The SMILES string of the molecule is O=C(O)C1=C[C@H](OP(=O)(O)O)[C@H](O)[C@@H](O)C1. The Kier molecular flexibility index (Phi) is 3.84. The summed E-state index contributed by atoms with van der Waals surface area (Å²) < 4.78 is 14.7. The average molecular weight is 254 g/mol. The van der Waals surface area contributed by atoms with Crippen molar-refractivity contribution in [3.63, 3.8) is 0 Å². The number of phosphoric acid groups is 1. The molecule has 0 radical (unpaired) electrons. The number of rotatable bonds is 3. The molecule has 0 unspecified atom stereocenters. The molecule has 16 heavy (non-hydrogen) atoms. The van der Waals surface area contributed by atoms with Gasteiger partial charge in [-0.15, -0.1) is 0 Å². The predicted molar refractivity (Wildman–Crippen MR) is 49.3 cm³/mol. The van der Waals surface area contributed by atoms with Crippen LogP contribution in [-0.2, 0) is 13.9 Å². The van der Waals surface area contributed by atoms with E-state index in [1.54, 1.807) is 0 Å². The maximum atomic E-state index is 10.6. The highest BCUT2D eigenvalue weighted by Crippen LogP contribution is 2.40. The van der Waals surface area contributed by atoms with Gasteiger partial charge in [0.1, 0.15) is 12.2 Å². The summed E-state index contributed by atoms with van der Waals surface area (Å²) in [6, 6.07) is 0. The quantitative estimate of drug-likeness (QED) is 0.387. The minimum absolute atomic E-state index is 0.267. The van der Waals surface area contributed by atoms with E-state index in [1.165, 1.54) is 0 Å². The molecule has 3 atom stereocenters. The highest BCUT2D eigenvalue weighted by molar-refractivity contribution is 7.46. The number of carboxylic acid groups (broad SMARTS) is 1. The van der Waals surface area contributed by atoms with Gasteiger partial charge in [0.25, 0.3) is 0 Å². The second kappa shape index (κ2) is 4.62. The van der Waals surface area contributed by atoms with E-state index in [0.717, 1.165) is 6.08 Å². The number of aliphatic carboxylic acids is 1. The molecule has 0 fully saturated rings. The van der Waals surface area contributed by atoms with E-state index in [2.05, 4.69) is 4.52 Å². The van der Waals surface area contributed by atoms with Gasteiger partial charge in [-0.1, -0.05) is 0 Å². The van der Waals surface area contributed by atoms with Gasteiger partial charge in [-0.2, -0.15) is 0 Å².